The maximum Gasteiger partial charge on any atom is 0.232 e. The number of aromatic nitrogens is 2. The lowest BCUT2D eigenvalue weighted by atomic mass is 9.97. The fourth-order valence-electron chi connectivity index (χ4n) is 3.01. The van der Waals surface area contributed by atoms with Crippen LogP contribution in [-0.4, -0.2) is 51.4 Å². The minimum Gasteiger partial charge on any atom is -0.760 e. The second kappa shape index (κ2) is 11.1. The highest BCUT2D eigenvalue weighted by molar-refractivity contribution is 7.77. The largest absolute Gasteiger partial charge is 0.760 e. The number of carbonyl (C=O) groups excluding carboxylic acids is 1. The van der Waals surface area contributed by atoms with E-state index in [2.05, 4.69) is 14.7 Å². The van der Waals surface area contributed by atoms with Crippen LogP contribution in [0.2, 0.25) is 0 Å². The fourth-order valence-corrected chi connectivity index (χ4v) is 3.32. The van der Waals surface area contributed by atoms with E-state index in [0.29, 0.717) is 17.6 Å². The van der Waals surface area contributed by atoms with E-state index in [1.54, 1.807) is 0 Å². The molecule has 0 saturated heterocycles. The summed E-state index contributed by atoms with van der Waals surface area (Å²) >= 11 is -2.42. The maximum atomic E-state index is 14.9. The van der Waals surface area contributed by atoms with Gasteiger partial charge < -0.3 is 14.0 Å². The van der Waals surface area contributed by atoms with Crippen molar-refractivity contribution in [3.8, 4) is 5.88 Å². The van der Waals surface area contributed by atoms with Crippen molar-refractivity contribution in [3.05, 3.63) is 64.9 Å². The van der Waals surface area contributed by atoms with Crippen LogP contribution in [0.15, 0.2) is 36.5 Å². The third-order valence-electron chi connectivity index (χ3n) is 4.56. The lowest BCUT2D eigenvalue weighted by molar-refractivity contribution is 0.103. The zero-order chi connectivity index (χ0) is 23.1. The molecule has 1 aromatic heterocycles. The number of nitrogens with one attached hydrogen (secondary N) is 1. The van der Waals surface area contributed by atoms with Gasteiger partial charge in [-0.15, -0.1) is 0 Å². The average Bonchev–Trinajstić information content (AvgIpc) is 2.77. The number of methoxy groups -OCH3 is 1. The Morgan fingerprint density at radius 1 is 1.19 bits per heavy atom. The summed E-state index contributed by atoms with van der Waals surface area (Å²) in [5, 5.41) is 0. The quantitative estimate of drug-likeness (QED) is 0.263. The molecule has 0 aliphatic carbocycles. The molecule has 2 aromatic carbocycles. The van der Waals surface area contributed by atoms with E-state index >= 15 is 0 Å². The third-order valence-corrected chi connectivity index (χ3v) is 5.00. The van der Waals surface area contributed by atoms with Crippen LogP contribution in [0.3, 0.4) is 0 Å². The SMILES string of the molecule is COCCOc1cnc2ccc(C(=O)c3c(F)ccc(CCCNS(=O)[O-])c3F)cc2n1. The second-order valence-corrected chi connectivity index (χ2v) is 7.47. The van der Waals surface area contributed by atoms with Crippen LogP contribution in [0.4, 0.5) is 8.78 Å². The summed E-state index contributed by atoms with van der Waals surface area (Å²) in [5.41, 5.74) is 0.294. The summed E-state index contributed by atoms with van der Waals surface area (Å²) in [6.07, 6.45) is 1.84. The first-order valence-electron chi connectivity index (χ1n) is 9.63. The van der Waals surface area contributed by atoms with Crippen molar-refractivity contribution in [2.75, 3.05) is 26.9 Å². The molecule has 170 valence electrons. The molecule has 1 heterocycles. The summed E-state index contributed by atoms with van der Waals surface area (Å²) in [5.74, 6) is -2.57. The molecule has 3 aromatic rings. The lowest BCUT2D eigenvalue weighted by Gasteiger charge is -2.11. The Morgan fingerprint density at radius 2 is 2.00 bits per heavy atom. The highest BCUT2D eigenvalue weighted by atomic mass is 32.2. The van der Waals surface area contributed by atoms with Gasteiger partial charge in [-0.05, 0) is 42.7 Å². The summed E-state index contributed by atoms with van der Waals surface area (Å²) in [6, 6.07) is 6.61. The number of nitrogens with zero attached hydrogens (tertiary/aromatic N) is 2. The highest BCUT2D eigenvalue weighted by Gasteiger charge is 2.22. The molecule has 3 rings (SSSR count). The van der Waals surface area contributed by atoms with E-state index in [9.17, 15) is 22.3 Å². The first-order valence-corrected chi connectivity index (χ1v) is 10.7. The van der Waals surface area contributed by atoms with Gasteiger partial charge in [0.2, 0.25) is 5.88 Å². The fraction of sp³-hybridized carbons (Fsp3) is 0.286. The monoisotopic (exact) mass is 464 g/mol. The van der Waals surface area contributed by atoms with Crippen LogP contribution in [0.5, 0.6) is 5.88 Å². The number of carbonyl (C=O) groups is 1. The van der Waals surface area contributed by atoms with Gasteiger partial charge in [0.15, 0.2) is 5.78 Å². The van der Waals surface area contributed by atoms with Gasteiger partial charge in [-0.25, -0.2) is 23.5 Å². The lowest BCUT2D eigenvalue weighted by Crippen LogP contribution is -2.18. The molecule has 11 heteroatoms. The number of rotatable bonds is 11. The minimum absolute atomic E-state index is 0.0409. The zero-order valence-corrected chi connectivity index (χ0v) is 17.9. The smallest absolute Gasteiger partial charge is 0.232 e. The van der Waals surface area contributed by atoms with E-state index < -0.39 is 34.2 Å². The average molecular weight is 464 g/mol. The van der Waals surface area contributed by atoms with E-state index in [1.807, 2.05) is 0 Å². The summed E-state index contributed by atoms with van der Waals surface area (Å²) in [7, 11) is 1.53. The van der Waals surface area contributed by atoms with Gasteiger partial charge in [-0.1, -0.05) is 6.07 Å². The molecule has 1 atom stereocenters. The van der Waals surface area contributed by atoms with Gasteiger partial charge >= 0.3 is 0 Å². The number of halogens is 2. The zero-order valence-electron chi connectivity index (χ0n) is 17.1. The third kappa shape index (κ3) is 5.88. The number of aryl methyl sites for hydroxylation is 1. The van der Waals surface area contributed by atoms with Crippen molar-refractivity contribution >= 4 is 28.1 Å². The molecule has 0 bridgehead atoms. The molecular formula is C21H20F2N3O5S-. The summed E-state index contributed by atoms with van der Waals surface area (Å²) in [4.78, 5) is 21.4. The topological polar surface area (TPSA) is 113 Å². The van der Waals surface area contributed by atoms with E-state index in [4.69, 9.17) is 9.47 Å². The number of fused-ring (bicyclic) bond motifs is 1. The Balaban J connectivity index is 1.85. The van der Waals surface area contributed by atoms with Crippen molar-refractivity contribution < 1.29 is 31.8 Å². The molecule has 0 spiro atoms. The van der Waals surface area contributed by atoms with Gasteiger partial charge in [0.05, 0.1) is 29.4 Å². The Morgan fingerprint density at radius 3 is 2.75 bits per heavy atom. The van der Waals surface area contributed by atoms with Crippen molar-refractivity contribution in [1.29, 1.82) is 0 Å². The maximum absolute atomic E-state index is 14.9. The van der Waals surface area contributed by atoms with Gasteiger partial charge in [-0.3, -0.25) is 9.00 Å². The predicted molar refractivity (Wildman–Crippen MR) is 112 cm³/mol. The van der Waals surface area contributed by atoms with E-state index in [-0.39, 0.29) is 43.0 Å². The number of ether oxygens (including phenoxy) is 2. The Hall–Kier alpha value is -2.86. The van der Waals surface area contributed by atoms with Crippen molar-refractivity contribution in [1.82, 2.24) is 14.7 Å². The van der Waals surface area contributed by atoms with Crippen LogP contribution < -0.4 is 9.46 Å². The number of ketones is 1. The molecule has 0 aliphatic rings. The number of hydrogen-bond donors (Lipinski definition) is 1. The molecule has 0 saturated carbocycles. The number of hydrogen-bond acceptors (Lipinski definition) is 7. The standard InChI is InChI=1S/C21H21F2N3O5S/c1-30-9-10-31-18-12-24-16-7-5-14(11-17(16)26-18)21(27)19-15(22)6-4-13(20(19)23)3-2-8-25-32(28)29/h4-7,11-12,25H,2-3,8-10H2,1H3,(H,28,29)/p-1. The molecule has 1 N–H and O–H groups in total. The predicted octanol–water partition coefficient (Wildman–Crippen LogP) is 2.48. The van der Waals surface area contributed by atoms with Gasteiger partial charge in [0, 0.05) is 30.5 Å². The Kier molecular flexibility index (Phi) is 8.28. The molecule has 0 fully saturated rings. The highest BCUT2D eigenvalue weighted by Crippen LogP contribution is 2.23. The van der Waals surface area contributed by atoms with Crippen molar-refractivity contribution in [3.63, 3.8) is 0 Å². The Bertz CT molecular complexity index is 1150. The summed E-state index contributed by atoms with van der Waals surface area (Å²) < 4.78 is 62.8. The van der Waals surface area contributed by atoms with Crippen molar-refractivity contribution in [2.24, 2.45) is 0 Å². The van der Waals surface area contributed by atoms with E-state index in [0.717, 1.165) is 6.07 Å². The molecule has 0 aliphatic heterocycles. The first kappa shape index (κ1) is 23.8. The molecular weight excluding hydrogens is 444 g/mol. The molecule has 8 nitrogen and oxygen atoms in total. The van der Waals surface area contributed by atoms with Crippen LogP contribution in [0, 0.1) is 11.6 Å². The van der Waals surface area contributed by atoms with Gasteiger partial charge in [0.1, 0.15) is 18.2 Å². The van der Waals surface area contributed by atoms with Crippen LogP contribution in [0.1, 0.15) is 27.9 Å². The van der Waals surface area contributed by atoms with E-state index in [1.165, 1.54) is 37.6 Å². The molecule has 1 unspecified atom stereocenters. The molecule has 0 amide bonds. The summed E-state index contributed by atoms with van der Waals surface area (Å²) in [6.45, 7) is 0.713. The molecule has 32 heavy (non-hydrogen) atoms. The second-order valence-electron chi connectivity index (χ2n) is 6.71. The first-order chi connectivity index (χ1) is 15.4. The van der Waals surface area contributed by atoms with Crippen molar-refractivity contribution in [2.45, 2.75) is 12.8 Å². The van der Waals surface area contributed by atoms with Crippen LogP contribution in [0.25, 0.3) is 11.0 Å². The minimum atomic E-state index is -2.42. The Labute approximate surface area is 185 Å². The van der Waals surface area contributed by atoms with Gasteiger partial charge in [0.25, 0.3) is 0 Å². The van der Waals surface area contributed by atoms with Gasteiger partial charge in [-0.2, -0.15) is 0 Å². The molecule has 0 radical (unpaired) electrons. The van der Waals surface area contributed by atoms with Crippen LogP contribution in [-0.2, 0) is 22.4 Å². The normalized spacial score (nSPS) is 12.1. The van der Waals surface area contributed by atoms with Crippen LogP contribution >= 0.6 is 0 Å². The number of benzene rings is 2.